The maximum Gasteiger partial charge on any atom is 0.327 e. The van der Waals surface area contributed by atoms with E-state index in [1.807, 2.05) is 0 Å². The van der Waals surface area contributed by atoms with Gasteiger partial charge in [0.2, 0.25) is 5.91 Å². The monoisotopic (exact) mass is 324 g/mol. The quantitative estimate of drug-likeness (QED) is 0.579. The molecule has 0 aliphatic carbocycles. The molecule has 1 atom stereocenters. The van der Waals surface area contributed by atoms with Gasteiger partial charge in [0, 0.05) is 25.8 Å². The van der Waals surface area contributed by atoms with Crippen LogP contribution < -0.4 is 10.2 Å². The molecule has 0 spiro atoms. The Morgan fingerprint density at radius 2 is 1.76 bits per heavy atom. The largest absolute Gasteiger partial charge is 0.752 e. The van der Waals surface area contributed by atoms with Crippen LogP contribution in [0.4, 0.5) is 0 Å². The summed E-state index contributed by atoms with van der Waals surface area (Å²) in [5, 5.41) is 2.85. The van der Waals surface area contributed by atoms with E-state index in [1.165, 1.54) is 14.0 Å². The molecule has 1 aliphatic rings. The molecule has 1 saturated heterocycles. The first-order valence-corrected chi connectivity index (χ1v) is 8.23. The number of carbonyl (C=O) groups excluding carboxylic acids is 1. The Hall–Kier alpha value is -0.500. The number of carbonyl (C=O) groups is 1. The van der Waals surface area contributed by atoms with Gasteiger partial charge in [0.25, 0.3) is 0 Å². The van der Waals surface area contributed by atoms with Gasteiger partial charge < -0.3 is 15.1 Å². The van der Waals surface area contributed by atoms with Crippen molar-refractivity contribution in [2.24, 2.45) is 0 Å². The van der Waals surface area contributed by atoms with Crippen LogP contribution >= 0.6 is 7.82 Å². The van der Waals surface area contributed by atoms with Crippen molar-refractivity contribution in [1.82, 2.24) is 5.32 Å². The van der Waals surface area contributed by atoms with Gasteiger partial charge in [-0.3, -0.25) is 9.36 Å². The van der Waals surface area contributed by atoms with Crippen LogP contribution in [0, 0.1) is 0 Å². The highest BCUT2D eigenvalue weighted by molar-refractivity contribution is 7.44. The lowest BCUT2D eigenvalue weighted by Crippen LogP contribution is -2.75. The molecule has 0 radical (unpaired) electrons. The summed E-state index contributed by atoms with van der Waals surface area (Å²) in [5.41, 5.74) is -1.63. The smallest absolute Gasteiger partial charge is 0.327 e. The van der Waals surface area contributed by atoms with Gasteiger partial charge in [-0.15, -0.1) is 0 Å². The number of hydrogen-bond acceptors (Lipinski definition) is 5. The van der Waals surface area contributed by atoms with Gasteiger partial charge in [0.05, 0.1) is 7.11 Å². The van der Waals surface area contributed by atoms with E-state index in [9.17, 15) is 14.3 Å². The van der Waals surface area contributed by atoms with Crippen molar-refractivity contribution in [2.45, 2.75) is 64.6 Å². The van der Waals surface area contributed by atoms with Crippen molar-refractivity contribution in [3.63, 3.8) is 0 Å². The third kappa shape index (κ3) is 3.64. The number of hydrogen-bond donors (Lipinski definition) is 2. The van der Waals surface area contributed by atoms with Gasteiger partial charge in [-0.1, -0.05) is 4.62 Å². The van der Waals surface area contributed by atoms with Crippen LogP contribution in [0.3, 0.4) is 0 Å². The van der Waals surface area contributed by atoms with Gasteiger partial charge in [-0.05, 0) is 32.5 Å². The van der Waals surface area contributed by atoms with Crippen LogP contribution in [0.2, 0.25) is 0 Å². The zero-order valence-corrected chi connectivity index (χ0v) is 14.3. The molecule has 0 saturated carbocycles. The molecule has 124 valence electrons. The normalized spacial score (nSPS) is 34.0. The molecule has 9 heteroatoms. The number of quaternary nitrogens is 1. The second-order valence-electron chi connectivity index (χ2n) is 6.71. The average molecular weight is 324 g/mol. The minimum absolute atomic E-state index is 0.137. The highest BCUT2D eigenvalue weighted by Gasteiger charge is 2.65. The Bertz CT molecular complexity index is 441. The first-order valence-electron chi connectivity index (χ1n) is 6.73. The fourth-order valence-corrected chi connectivity index (χ4v) is 4.42. The lowest BCUT2D eigenvalue weighted by molar-refractivity contribution is -1.29. The highest BCUT2D eigenvalue weighted by atomic mass is 31.2. The van der Waals surface area contributed by atoms with Crippen molar-refractivity contribution >= 4 is 13.7 Å². The molecule has 1 aliphatic heterocycles. The Labute approximate surface area is 125 Å². The van der Waals surface area contributed by atoms with Crippen molar-refractivity contribution in [3.8, 4) is 0 Å². The highest BCUT2D eigenvalue weighted by Crippen LogP contribution is 2.52. The second kappa shape index (κ2) is 5.61. The summed E-state index contributed by atoms with van der Waals surface area (Å²) in [5.74, 6) is -0.151. The fourth-order valence-electron chi connectivity index (χ4n) is 3.62. The topological polar surface area (TPSA) is 108 Å². The van der Waals surface area contributed by atoms with E-state index in [4.69, 9.17) is 14.4 Å². The standard InChI is InChI=1S/C12H25N2O6P/c1-9(15)13-10-7-11(2,3)14(19-6,12(4,5)8-10)20-21(16,17)18/h10H,7-8H2,1-6H3,(H2-,13,15,16,17,18). The van der Waals surface area contributed by atoms with Crippen molar-refractivity contribution in [3.05, 3.63) is 0 Å². The number of phosphoric acid groups is 1. The molecular weight excluding hydrogens is 299 g/mol. The van der Waals surface area contributed by atoms with E-state index in [-0.39, 0.29) is 11.9 Å². The zero-order valence-electron chi connectivity index (χ0n) is 13.4. The Kier molecular flexibility index (Phi) is 4.95. The molecule has 21 heavy (non-hydrogen) atoms. The van der Waals surface area contributed by atoms with Crippen molar-refractivity contribution < 1.29 is 33.4 Å². The summed E-state index contributed by atoms with van der Waals surface area (Å²) in [6.07, 6.45) is 0.869. The summed E-state index contributed by atoms with van der Waals surface area (Å²) >= 11 is 0. The maximum atomic E-state index is 11.3. The third-order valence-electron chi connectivity index (χ3n) is 3.97. The fraction of sp³-hybridized carbons (Fsp3) is 0.917. The summed E-state index contributed by atoms with van der Waals surface area (Å²) in [4.78, 5) is 36.4. The number of hydroxylamine groups is 4. The van der Waals surface area contributed by atoms with Gasteiger partial charge in [0.1, 0.15) is 0 Å². The predicted molar refractivity (Wildman–Crippen MR) is 73.2 cm³/mol. The van der Waals surface area contributed by atoms with E-state index in [1.54, 1.807) is 27.7 Å². The van der Waals surface area contributed by atoms with E-state index in [0.29, 0.717) is 12.8 Å². The molecule has 0 aromatic heterocycles. The molecule has 1 rings (SSSR count). The number of piperidine rings is 1. The summed E-state index contributed by atoms with van der Waals surface area (Å²) < 4.78 is 16.3. The van der Waals surface area contributed by atoms with Crippen molar-refractivity contribution in [1.29, 1.82) is 0 Å². The van der Waals surface area contributed by atoms with Gasteiger partial charge >= 0.3 is 7.82 Å². The van der Waals surface area contributed by atoms with Gasteiger partial charge in [0.15, 0.2) is 11.1 Å². The second-order valence-corrected chi connectivity index (χ2v) is 7.82. The third-order valence-corrected chi connectivity index (χ3v) is 4.40. The lowest BCUT2D eigenvalue weighted by Gasteiger charge is -2.56. The molecule has 1 unspecified atom stereocenters. The Morgan fingerprint density at radius 3 is 2.05 bits per heavy atom. The first-order chi connectivity index (χ1) is 9.26. The predicted octanol–water partition coefficient (Wildman–Crippen LogP) is 0.613. The molecule has 1 fully saturated rings. The first kappa shape index (κ1) is 18.5. The molecule has 8 nitrogen and oxygen atoms in total. The number of rotatable bonds is 4. The van der Waals surface area contributed by atoms with Crippen LogP contribution in [0.5, 0.6) is 0 Å². The van der Waals surface area contributed by atoms with E-state index < -0.39 is 23.7 Å². The van der Waals surface area contributed by atoms with Crippen LogP contribution in [-0.4, -0.2) is 39.8 Å². The minimum atomic E-state index is -5.01. The summed E-state index contributed by atoms with van der Waals surface area (Å²) in [6, 6.07) is -0.137. The molecular formula is C12H25N2O6P. The van der Waals surface area contributed by atoms with E-state index in [2.05, 4.69) is 5.32 Å². The summed E-state index contributed by atoms with van der Waals surface area (Å²) in [6.45, 7) is 8.50. The van der Waals surface area contributed by atoms with Crippen LogP contribution in [0.25, 0.3) is 0 Å². The average Bonchev–Trinajstić information content (AvgIpc) is 2.19. The van der Waals surface area contributed by atoms with Gasteiger partial charge in [-0.2, -0.15) is 4.84 Å². The van der Waals surface area contributed by atoms with Crippen LogP contribution in [0.1, 0.15) is 47.5 Å². The molecule has 1 heterocycles. The minimum Gasteiger partial charge on any atom is -0.752 e. The van der Waals surface area contributed by atoms with E-state index in [0.717, 1.165) is 0 Å². The molecule has 0 bridgehead atoms. The number of nitrogens with one attached hydrogen (secondary N) is 1. The Morgan fingerprint density at radius 1 is 1.33 bits per heavy atom. The number of nitrogens with zero attached hydrogens (tertiary/aromatic N) is 1. The molecule has 0 aromatic rings. The Balaban J connectivity index is 3.25. The SMILES string of the molecule is CO[N+]1(OP(=O)([O-])O)C(C)(C)CC(NC(C)=O)CC1(C)C. The number of amides is 1. The van der Waals surface area contributed by atoms with Crippen LogP contribution in [-0.2, 0) is 18.8 Å². The lowest BCUT2D eigenvalue weighted by atomic mass is 9.78. The molecule has 0 aromatic carbocycles. The summed E-state index contributed by atoms with van der Waals surface area (Å²) in [7, 11) is -3.68. The zero-order chi connectivity index (χ0) is 16.7. The molecule has 1 amide bonds. The van der Waals surface area contributed by atoms with Gasteiger partial charge in [-0.25, -0.2) is 0 Å². The van der Waals surface area contributed by atoms with Crippen molar-refractivity contribution in [2.75, 3.05) is 7.11 Å². The molecule has 2 N–H and O–H groups in total. The van der Waals surface area contributed by atoms with Crippen LogP contribution in [0.15, 0.2) is 0 Å². The van der Waals surface area contributed by atoms with E-state index >= 15 is 0 Å². The maximum absolute atomic E-state index is 11.3.